The van der Waals surface area contributed by atoms with E-state index in [1.165, 1.54) is 25.7 Å². The van der Waals surface area contributed by atoms with Crippen LogP contribution in [0.4, 0.5) is 0 Å². The molecule has 0 spiro atoms. The Morgan fingerprint density at radius 1 is 1.42 bits per heavy atom. The molecule has 0 amide bonds. The molecular formula is C11H23N. The Balaban J connectivity index is 2.53. The van der Waals surface area contributed by atoms with Crippen molar-refractivity contribution in [3.63, 3.8) is 0 Å². The summed E-state index contributed by atoms with van der Waals surface area (Å²) in [5.74, 6) is 0.748. The molecule has 0 aromatic rings. The molecule has 0 bridgehead atoms. The van der Waals surface area contributed by atoms with Crippen LogP contribution in [0.15, 0.2) is 0 Å². The molecule has 1 nitrogen and oxygen atoms in total. The molecule has 0 aromatic heterocycles. The molecule has 0 aromatic carbocycles. The maximum Gasteiger partial charge on any atom is 0.0154 e. The van der Waals surface area contributed by atoms with Crippen molar-refractivity contribution in [1.82, 2.24) is 0 Å². The largest absolute Gasteiger partial charge is 0.325 e. The Morgan fingerprint density at radius 2 is 2.00 bits per heavy atom. The second kappa shape index (κ2) is 3.02. The van der Waals surface area contributed by atoms with Crippen LogP contribution in [0, 0.1) is 11.3 Å². The summed E-state index contributed by atoms with van der Waals surface area (Å²) in [6.07, 6.45) is 5.16. The SMILES string of the molecule is CC(C)(C)C[C@@H]1CCC[C@@]1(C)N. The topological polar surface area (TPSA) is 26.0 Å². The fourth-order valence-corrected chi connectivity index (χ4v) is 2.34. The van der Waals surface area contributed by atoms with Crippen molar-refractivity contribution in [3.8, 4) is 0 Å². The first-order valence-corrected chi connectivity index (χ1v) is 5.10. The minimum atomic E-state index is 0.118. The van der Waals surface area contributed by atoms with E-state index in [9.17, 15) is 0 Å². The van der Waals surface area contributed by atoms with Gasteiger partial charge in [-0.05, 0) is 37.5 Å². The number of nitrogens with two attached hydrogens (primary N) is 1. The molecule has 0 heterocycles. The van der Waals surface area contributed by atoms with Crippen LogP contribution in [0.25, 0.3) is 0 Å². The van der Waals surface area contributed by atoms with Crippen LogP contribution < -0.4 is 5.73 Å². The zero-order valence-electron chi connectivity index (χ0n) is 8.98. The highest BCUT2D eigenvalue weighted by molar-refractivity contribution is 4.94. The molecule has 1 aliphatic carbocycles. The van der Waals surface area contributed by atoms with Gasteiger partial charge in [0.05, 0.1) is 0 Å². The van der Waals surface area contributed by atoms with Gasteiger partial charge in [0.1, 0.15) is 0 Å². The monoisotopic (exact) mass is 169 g/mol. The molecule has 72 valence electrons. The average Bonchev–Trinajstić information content (AvgIpc) is 2.07. The van der Waals surface area contributed by atoms with Gasteiger partial charge >= 0.3 is 0 Å². The first-order valence-electron chi connectivity index (χ1n) is 5.10. The lowest BCUT2D eigenvalue weighted by molar-refractivity contribution is 0.231. The molecule has 1 fully saturated rings. The fraction of sp³-hybridized carbons (Fsp3) is 1.00. The van der Waals surface area contributed by atoms with Crippen molar-refractivity contribution in [2.45, 2.75) is 58.9 Å². The summed E-state index contributed by atoms with van der Waals surface area (Å²) >= 11 is 0. The van der Waals surface area contributed by atoms with Gasteiger partial charge < -0.3 is 5.73 Å². The fourth-order valence-electron chi connectivity index (χ4n) is 2.34. The van der Waals surface area contributed by atoms with Gasteiger partial charge in [0.15, 0.2) is 0 Å². The van der Waals surface area contributed by atoms with Crippen LogP contribution in [0.1, 0.15) is 53.4 Å². The van der Waals surface area contributed by atoms with Gasteiger partial charge in [0.25, 0.3) is 0 Å². The van der Waals surface area contributed by atoms with Gasteiger partial charge in [0.2, 0.25) is 0 Å². The second-order valence-electron chi connectivity index (χ2n) is 5.86. The van der Waals surface area contributed by atoms with Gasteiger partial charge in [-0.3, -0.25) is 0 Å². The van der Waals surface area contributed by atoms with E-state index in [-0.39, 0.29) is 5.54 Å². The Labute approximate surface area is 76.7 Å². The van der Waals surface area contributed by atoms with E-state index in [1.54, 1.807) is 0 Å². The molecule has 0 radical (unpaired) electrons. The van der Waals surface area contributed by atoms with E-state index < -0.39 is 0 Å². The average molecular weight is 169 g/mol. The minimum Gasteiger partial charge on any atom is -0.325 e. The summed E-state index contributed by atoms with van der Waals surface area (Å²) in [6.45, 7) is 9.14. The highest BCUT2D eigenvalue weighted by Crippen LogP contribution is 2.40. The Kier molecular flexibility index (Phi) is 2.53. The van der Waals surface area contributed by atoms with Crippen LogP contribution in [0.5, 0.6) is 0 Å². The summed E-state index contributed by atoms with van der Waals surface area (Å²) in [6, 6.07) is 0. The highest BCUT2D eigenvalue weighted by Gasteiger charge is 2.36. The van der Waals surface area contributed by atoms with E-state index in [0.29, 0.717) is 5.41 Å². The van der Waals surface area contributed by atoms with Gasteiger partial charge in [-0.1, -0.05) is 27.2 Å². The molecule has 2 atom stereocenters. The summed E-state index contributed by atoms with van der Waals surface area (Å²) in [7, 11) is 0. The van der Waals surface area contributed by atoms with Crippen molar-refractivity contribution in [1.29, 1.82) is 0 Å². The Morgan fingerprint density at radius 3 is 2.33 bits per heavy atom. The molecule has 1 saturated carbocycles. The standard InChI is InChI=1S/C11H23N/c1-10(2,3)8-9-6-5-7-11(9,4)12/h9H,5-8,12H2,1-4H3/t9-,11+/m0/s1. The Hall–Kier alpha value is -0.0400. The maximum atomic E-state index is 6.23. The lowest BCUT2D eigenvalue weighted by Crippen LogP contribution is -2.41. The van der Waals surface area contributed by atoms with Gasteiger partial charge in [0, 0.05) is 5.54 Å². The quantitative estimate of drug-likeness (QED) is 0.641. The van der Waals surface area contributed by atoms with Crippen molar-refractivity contribution in [2.75, 3.05) is 0 Å². The van der Waals surface area contributed by atoms with Crippen molar-refractivity contribution < 1.29 is 0 Å². The van der Waals surface area contributed by atoms with Gasteiger partial charge in [-0.15, -0.1) is 0 Å². The van der Waals surface area contributed by atoms with E-state index >= 15 is 0 Å². The molecule has 0 aliphatic heterocycles. The molecule has 12 heavy (non-hydrogen) atoms. The van der Waals surface area contributed by atoms with E-state index in [0.717, 1.165) is 5.92 Å². The van der Waals surface area contributed by atoms with Gasteiger partial charge in [-0.25, -0.2) is 0 Å². The Bertz CT molecular complexity index is 153. The van der Waals surface area contributed by atoms with Crippen LogP contribution in [-0.2, 0) is 0 Å². The van der Waals surface area contributed by atoms with E-state index in [4.69, 9.17) is 5.73 Å². The number of rotatable bonds is 1. The number of hydrogen-bond donors (Lipinski definition) is 1. The minimum absolute atomic E-state index is 0.118. The van der Waals surface area contributed by atoms with Crippen molar-refractivity contribution in [3.05, 3.63) is 0 Å². The molecule has 1 aliphatic rings. The zero-order valence-corrected chi connectivity index (χ0v) is 8.98. The molecule has 2 N–H and O–H groups in total. The molecule has 1 heteroatoms. The van der Waals surface area contributed by atoms with Crippen LogP contribution >= 0.6 is 0 Å². The predicted molar refractivity (Wildman–Crippen MR) is 54.0 cm³/mol. The van der Waals surface area contributed by atoms with Crippen LogP contribution in [-0.4, -0.2) is 5.54 Å². The molecule has 0 unspecified atom stereocenters. The first-order chi connectivity index (χ1) is 5.31. The van der Waals surface area contributed by atoms with Crippen LogP contribution in [0.2, 0.25) is 0 Å². The summed E-state index contributed by atoms with van der Waals surface area (Å²) in [5.41, 5.74) is 6.79. The third kappa shape index (κ3) is 2.48. The van der Waals surface area contributed by atoms with E-state index in [2.05, 4.69) is 27.7 Å². The molecular weight excluding hydrogens is 146 g/mol. The van der Waals surface area contributed by atoms with Crippen LogP contribution in [0.3, 0.4) is 0 Å². The normalized spacial score (nSPS) is 37.2. The maximum absolute atomic E-state index is 6.23. The summed E-state index contributed by atoms with van der Waals surface area (Å²) < 4.78 is 0. The van der Waals surface area contributed by atoms with Gasteiger partial charge in [-0.2, -0.15) is 0 Å². The number of hydrogen-bond acceptors (Lipinski definition) is 1. The predicted octanol–water partition coefficient (Wildman–Crippen LogP) is 2.94. The van der Waals surface area contributed by atoms with Crippen molar-refractivity contribution in [2.24, 2.45) is 17.1 Å². The summed E-state index contributed by atoms with van der Waals surface area (Å²) in [5, 5.41) is 0. The lowest BCUT2D eigenvalue weighted by atomic mass is 9.77. The van der Waals surface area contributed by atoms with E-state index in [1.807, 2.05) is 0 Å². The smallest absolute Gasteiger partial charge is 0.0154 e. The lowest BCUT2D eigenvalue weighted by Gasteiger charge is -2.32. The van der Waals surface area contributed by atoms with Crippen molar-refractivity contribution >= 4 is 0 Å². The first kappa shape index (κ1) is 10.0. The molecule has 0 saturated heterocycles. The molecule has 1 rings (SSSR count). The second-order valence-corrected chi connectivity index (χ2v) is 5.86. The summed E-state index contributed by atoms with van der Waals surface area (Å²) in [4.78, 5) is 0. The highest BCUT2D eigenvalue weighted by atomic mass is 14.8. The third-order valence-electron chi connectivity index (χ3n) is 3.06. The third-order valence-corrected chi connectivity index (χ3v) is 3.06. The zero-order chi connectivity index (χ0) is 9.41.